The summed E-state index contributed by atoms with van der Waals surface area (Å²) in [5.41, 5.74) is 0.639. The number of benzene rings is 2. The lowest BCUT2D eigenvalue weighted by Crippen LogP contribution is -1.88. The fourth-order valence-corrected chi connectivity index (χ4v) is 1.53. The van der Waals surface area contributed by atoms with Crippen LogP contribution in [0.3, 0.4) is 0 Å². The van der Waals surface area contributed by atoms with E-state index in [1.165, 1.54) is 37.4 Å². The van der Waals surface area contributed by atoms with Crippen LogP contribution in [-0.4, -0.2) is 12.2 Å². The van der Waals surface area contributed by atoms with Gasteiger partial charge in [-0.25, -0.2) is 8.78 Å². The SMILES string of the molecule is COc1ccc(F)c(-c2ccc(F)c(O)c2)c1. The summed E-state index contributed by atoms with van der Waals surface area (Å²) in [5.74, 6) is -1.22. The number of phenols is 1. The van der Waals surface area contributed by atoms with E-state index in [0.717, 1.165) is 6.07 Å². The van der Waals surface area contributed by atoms with E-state index in [1.807, 2.05) is 0 Å². The van der Waals surface area contributed by atoms with Crippen LogP contribution >= 0.6 is 0 Å². The Morgan fingerprint density at radius 3 is 2.35 bits per heavy atom. The van der Waals surface area contributed by atoms with Gasteiger partial charge in [0.1, 0.15) is 11.6 Å². The van der Waals surface area contributed by atoms with Crippen molar-refractivity contribution in [3.8, 4) is 22.6 Å². The average molecular weight is 236 g/mol. The van der Waals surface area contributed by atoms with E-state index in [0.29, 0.717) is 11.3 Å². The van der Waals surface area contributed by atoms with Crippen molar-refractivity contribution >= 4 is 0 Å². The van der Waals surface area contributed by atoms with Crippen LogP contribution in [0.25, 0.3) is 11.1 Å². The number of rotatable bonds is 2. The van der Waals surface area contributed by atoms with E-state index in [4.69, 9.17) is 4.74 Å². The largest absolute Gasteiger partial charge is 0.505 e. The molecule has 0 aliphatic heterocycles. The van der Waals surface area contributed by atoms with Crippen LogP contribution in [0.2, 0.25) is 0 Å². The van der Waals surface area contributed by atoms with Gasteiger partial charge in [-0.05, 0) is 35.9 Å². The molecular formula is C13H10F2O2. The zero-order chi connectivity index (χ0) is 12.4. The normalized spacial score (nSPS) is 10.3. The topological polar surface area (TPSA) is 29.5 Å². The Hall–Kier alpha value is -2.10. The van der Waals surface area contributed by atoms with E-state index in [-0.39, 0.29) is 5.56 Å². The third-order valence-electron chi connectivity index (χ3n) is 2.43. The van der Waals surface area contributed by atoms with Gasteiger partial charge in [0, 0.05) is 5.56 Å². The predicted octanol–water partition coefficient (Wildman–Crippen LogP) is 3.35. The highest BCUT2D eigenvalue weighted by atomic mass is 19.1. The second-order valence-corrected chi connectivity index (χ2v) is 3.51. The van der Waals surface area contributed by atoms with Gasteiger partial charge in [0.15, 0.2) is 11.6 Å². The summed E-state index contributed by atoms with van der Waals surface area (Å²) in [7, 11) is 1.47. The van der Waals surface area contributed by atoms with Crippen LogP contribution in [0.5, 0.6) is 11.5 Å². The average Bonchev–Trinajstić information content (AvgIpc) is 2.33. The molecule has 2 aromatic rings. The maximum Gasteiger partial charge on any atom is 0.164 e. The number of hydrogen-bond acceptors (Lipinski definition) is 2. The number of phenolic OH excluding ortho intramolecular Hbond substituents is 1. The number of methoxy groups -OCH3 is 1. The maximum atomic E-state index is 13.6. The van der Waals surface area contributed by atoms with Crippen LogP contribution in [0.1, 0.15) is 0 Å². The third-order valence-corrected chi connectivity index (χ3v) is 2.43. The van der Waals surface area contributed by atoms with Gasteiger partial charge in [0.25, 0.3) is 0 Å². The zero-order valence-electron chi connectivity index (χ0n) is 9.08. The number of aromatic hydroxyl groups is 1. The number of halogens is 2. The molecule has 0 aromatic heterocycles. The summed E-state index contributed by atoms with van der Waals surface area (Å²) < 4.78 is 31.5. The lowest BCUT2D eigenvalue weighted by molar-refractivity contribution is 0.414. The van der Waals surface area contributed by atoms with Crippen LogP contribution < -0.4 is 4.74 Å². The van der Waals surface area contributed by atoms with Crippen molar-refractivity contribution in [1.29, 1.82) is 0 Å². The molecule has 0 amide bonds. The van der Waals surface area contributed by atoms with Gasteiger partial charge in [-0.3, -0.25) is 0 Å². The first-order valence-corrected chi connectivity index (χ1v) is 4.94. The minimum absolute atomic E-state index is 0.250. The number of ether oxygens (including phenoxy) is 1. The van der Waals surface area contributed by atoms with E-state index in [9.17, 15) is 13.9 Å². The molecule has 0 aliphatic rings. The molecule has 4 heteroatoms. The molecule has 0 saturated heterocycles. The lowest BCUT2D eigenvalue weighted by atomic mass is 10.0. The molecule has 0 radical (unpaired) electrons. The molecule has 0 heterocycles. The minimum Gasteiger partial charge on any atom is -0.505 e. The van der Waals surface area contributed by atoms with Crippen molar-refractivity contribution in [1.82, 2.24) is 0 Å². The summed E-state index contributed by atoms with van der Waals surface area (Å²) >= 11 is 0. The van der Waals surface area contributed by atoms with E-state index in [1.54, 1.807) is 0 Å². The lowest BCUT2D eigenvalue weighted by Gasteiger charge is -2.07. The first kappa shape index (κ1) is 11.4. The Bertz CT molecular complexity index is 553. The third kappa shape index (κ3) is 2.20. The van der Waals surface area contributed by atoms with Crippen molar-refractivity contribution < 1.29 is 18.6 Å². The van der Waals surface area contributed by atoms with Crippen LogP contribution in [0.15, 0.2) is 36.4 Å². The highest BCUT2D eigenvalue weighted by molar-refractivity contribution is 5.67. The van der Waals surface area contributed by atoms with Crippen molar-refractivity contribution in [2.75, 3.05) is 7.11 Å². The Morgan fingerprint density at radius 2 is 1.71 bits per heavy atom. The molecule has 0 saturated carbocycles. The molecule has 2 nitrogen and oxygen atoms in total. The Balaban J connectivity index is 2.55. The van der Waals surface area contributed by atoms with Crippen molar-refractivity contribution in [3.63, 3.8) is 0 Å². The summed E-state index contributed by atoms with van der Waals surface area (Å²) in [6.45, 7) is 0. The summed E-state index contributed by atoms with van der Waals surface area (Å²) in [6.07, 6.45) is 0. The molecule has 0 atom stereocenters. The first-order valence-electron chi connectivity index (χ1n) is 4.94. The molecule has 0 bridgehead atoms. The molecule has 0 fully saturated rings. The molecule has 0 aliphatic carbocycles. The highest BCUT2D eigenvalue weighted by Crippen LogP contribution is 2.30. The second-order valence-electron chi connectivity index (χ2n) is 3.51. The standard InChI is InChI=1S/C13H10F2O2/c1-17-9-3-5-11(14)10(7-9)8-2-4-12(15)13(16)6-8/h2-7,16H,1H3. The fourth-order valence-electron chi connectivity index (χ4n) is 1.53. The highest BCUT2D eigenvalue weighted by Gasteiger charge is 2.09. The van der Waals surface area contributed by atoms with Crippen LogP contribution in [-0.2, 0) is 0 Å². The van der Waals surface area contributed by atoms with Crippen LogP contribution in [0, 0.1) is 11.6 Å². The van der Waals surface area contributed by atoms with E-state index >= 15 is 0 Å². The van der Waals surface area contributed by atoms with Gasteiger partial charge in [-0.15, -0.1) is 0 Å². The van der Waals surface area contributed by atoms with Gasteiger partial charge >= 0.3 is 0 Å². The van der Waals surface area contributed by atoms with Gasteiger partial charge in [-0.2, -0.15) is 0 Å². The first-order chi connectivity index (χ1) is 8.11. The Morgan fingerprint density at radius 1 is 1.00 bits per heavy atom. The van der Waals surface area contributed by atoms with Gasteiger partial charge < -0.3 is 9.84 Å². The molecule has 1 N–H and O–H groups in total. The van der Waals surface area contributed by atoms with Crippen molar-refractivity contribution in [2.24, 2.45) is 0 Å². The molecule has 0 unspecified atom stereocenters. The monoisotopic (exact) mass is 236 g/mol. The molecule has 0 spiro atoms. The summed E-state index contributed by atoms with van der Waals surface area (Å²) in [5, 5.41) is 9.25. The Kier molecular flexibility index (Phi) is 2.95. The second kappa shape index (κ2) is 4.41. The molecule has 17 heavy (non-hydrogen) atoms. The number of hydrogen-bond donors (Lipinski definition) is 1. The summed E-state index contributed by atoms with van der Waals surface area (Å²) in [6, 6.07) is 7.89. The quantitative estimate of drug-likeness (QED) is 0.866. The molecule has 88 valence electrons. The maximum absolute atomic E-state index is 13.6. The molecular weight excluding hydrogens is 226 g/mol. The van der Waals surface area contributed by atoms with E-state index in [2.05, 4.69) is 0 Å². The molecule has 2 rings (SSSR count). The fraction of sp³-hybridized carbons (Fsp3) is 0.0769. The summed E-state index contributed by atoms with van der Waals surface area (Å²) in [4.78, 5) is 0. The van der Waals surface area contributed by atoms with Crippen molar-refractivity contribution in [3.05, 3.63) is 48.0 Å². The zero-order valence-corrected chi connectivity index (χ0v) is 9.08. The molecule has 2 aromatic carbocycles. The van der Waals surface area contributed by atoms with Gasteiger partial charge in [-0.1, -0.05) is 6.07 Å². The van der Waals surface area contributed by atoms with Gasteiger partial charge in [0.2, 0.25) is 0 Å². The minimum atomic E-state index is -0.739. The smallest absolute Gasteiger partial charge is 0.164 e. The van der Waals surface area contributed by atoms with E-state index < -0.39 is 17.4 Å². The van der Waals surface area contributed by atoms with Gasteiger partial charge in [0.05, 0.1) is 7.11 Å². The predicted molar refractivity (Wildman–Crippen MR) is 60.0 cm³/mol. The van der Waals surface area contributed by atoms with Crippen molar-refractivity contribution in [2.45, 2.75) is 0 Å². The Labute approximate surface area is 97.1 Å². The van der Waals surface area contributed by atoms with Crippen LogP contribution in [0.4, 0.5) is 8.78 Å².